The topological polar surface area (TPSA) is 22.1 Å². The minimum Gasteiger partial charge on any atom is -0.384 e. The van der Waals surface area contributed by atoms with Crippen molar-refractivity contribution in [3.63, 3.8) is 0 Å². The number of nitrogens with zero attached hydrogens (tertiary/aromatic N) is 1. The van der Waals surface area contributed by atoms with E-state index in [2.05, 4.69) is 6.07 Å². The Morgan fingerprint density at radius 3 is 2.94 bits per heavy atom. The van der Waals surface area contributed by atoms with Crippen molar-refractivity contribution in [1.29, 1.82) is 0 Å². The number of pyridine rings is 1. The minimum atomic E-state index is 0.627. The van der Waals surface area contributed by atoms with Crippen molar-refractivity contribution in [3.8, 4) is 0 Å². The average Bonchev–Trinajstić information content (AvgIpc) is 3.20. The number of rotatable bonds is 4. The van der Waals surface area contributed by atoms with Crippen molar-refractivity contribution < 1.29 is 4.74 Å². The van der Waals surface area contributed by atoms with Gasteiger partial charge in [0.2, 0.25) is 0 Å². The Morgan fingerprint density at radius 2 is 2.22 bits per heavy atom. The van der Waals surface area contributed by atoms with Gasteiger partial charge in [-0.05, 0) is 30.9 Å². The van der Waals surface area contributed by atoms with Gasteiger partial charge in [-0.3, -0.25) is 4.98 Å². The molecule has 1 fully saturated rings. The van der Waals surface area contributed by atoms with Crippen LogP contribution in [0.5, 0.6) is 0 Å². The third-order valence-electron chi connectivity index (χ3n) is 3.46. The molecule has 3 rings (SSSR count). The highest BCUT2D eigenvalue weighted by atomic mass is 35.5. The first-order chi connectivity index (χ1) is 8.79. The Hall–Kier alpha value is -1.12. The van der Waals surface area contributed by atoms with E-state index in [1.807, 2.05) is 18.2 Å². The van der Waals surface area contributed by atoms with Crippen molar-refractivity contribution in [2.24, 2.45) is 0 Å². The molecule has 0 amide bonds. The molecule has 18 heavy (non-hydrogen) atoms. The van der Waals surface area contributed by atoms with Crippen molar-refractivity contribution in [2.45, 2.75) is 25.2 Å². The summed E-state index contributed by atoms with van der Waals surface area (Å²) in [6.07, 6.45) is 3.37. The predicted octanol–water partition coefficient (Wildman–Crippen LogP) is 3.95. The van der Waals surface area contributed by atoms with Crippen LogP contribution in [0.4, 0.5) is 0 Å². The fraction of sp³-hybridized carbons (Fsp3) is 0.400. The second kappa shape index (κ2) is 4.87. The summed E-state index contributed by atoms with van der Waals surface area (Å²) in [6, 6.07) is 8.22. The Morgan fingerprint density at radius 1 is 1.39 bits per heavy atom. The summed E-state index contributed by atoms with van der Waals surface area (Å²) >= 11 is 6.37. The summed E-state index contributed by atoms with van der Waals surface area (Å²) in [5.74, 6) is 0.627. The van der Waals surface area contributed by atoms with E-state index >= 15 is 0 Å². The summed E-state index contributed by atoms with van der Waals surface area (Å²) in [6.45, 7) is 0.714. The zero-order valence-electron chi connectivity index (χ0n) is 10.4. The number of halogens is 1. The van der Waals surface area contributed by atoms with E-state index in [1.165, 1.54) is 18.4 Å². The fourth-order valence-corrected chi connectivity index (χ4v) is 2.55. The van der Waals surface area contributed by atoms with Crippen molar-refractivity contribution in [3.05, 3.63) is 40.5 Å². The zero-order chi connectivity index (χ0) is 12.5. The van der Waals surface area contributed by atoms with Crippen molar-refractivity contribution in [2.75, 3.05) is 13.7 Å². The standard InChI is InChI=1S/C15H16ClNO/c1-18-8-7-11-3-2-4-12-13(16)9-14(10-5-6-10)17-15(11)12/h2-4,9-10H,5-8H2,1H3. The highest BCUT2D eigenvalue weighted by molar-refractivity contribution is 6.35. The molecule has 0 radical (unpaired) electrons. The first-order valence-electron chi connectivity index (χ1n) is 6.36. The maximum atomic E-state index is 6.37. The summed E-state index contributed by atoms with van der Waals surface area (Å²) in [5, 5.41) is 1.87. The molecular formula is C15H16ClNO. The van der Waals surface area contributed by atoms with Crippen molar-refractivity contribution >= 4 is 22.5 Å². The third kappa shape index (κ3) is 2.23. The lowest BCUT2D eigenvalue weighted by molar-refractivity contribution is 0.202. The number of hydrogen-bond donors (Lipinski definition) is 0. The van der Waals surface area contributed by atoms with Crippen LogP contribution in [0.2, 0.25) is 5.02 Å². The van der Waals surface area contributed by atoms with E-state index in [9.17, 15) is 0 Å². The zero-order valence-corrected chi connectivity index (χ0v) is 11.2. The molecule has 0 N–H and O–H groups in total. The van der Waals surface area contributed by atoms with Crippen molar-refractivity contribution in [1.82, 2.24) is 4.98 Å². The second-order valence-corrected chi connectivity index (χ2v) is 5.27. The number of hydrogen-bond acceptors (Lipinski definition) is 2. The Kier molecular flexibility index (Phi) is 3.23. The van der Waals surface area contributed by atoms with Gasteiger partial charge >= 0.3 is 0 Å². The van der Waals surface area contributed by atoms with E-state index in [4.69, 9.17) is 21.3 Å². The van der Waals surface area contributed by atoms with Gasteiger partial charge < -0.3 is 4.74 Å². The summed E-state index contributed by atoms with van der Waals surface area (Å²) < 4.78 is 5.15. The summed E-state index contributed by atoms with van der Waals surface area (Å²) in [4.78, 5) is 4.81. The molecule has 0 atom stereocenters. The molecule has 2 aromatic rings. The molecular weight excluding hydrogens is 246 g/mol. The molecule has 1 aromatic carbocycles. The van der Waals surface area contributed by atoms with Crippen LogP contribution < -0.4 is 0 Å². The van der Waals surface area contributed by atoms with Crippen LogP contribution in [0, 0.1) is 0 Å². The maximum absolute atomic E-state index is 6.37. The van der Waals surface area contributed by atoms with Gasteiger partial charge in [0.05, 0.1) is 17.1 Å². The lowest BCUT2D eigenvalue weighted by Gasteiger charge is -2.09. The smallest absolute Gasteiger partial charge is 0.0753 e. The Labute approximate surface area is 112 Å². The quantitative estimate of drug-likeness (QED) is 0.831. The molecule has 1 heterocycles. The van der Waals surface area contributed by atoms with E-state index in [-0.39, 0.29) is 0 Å². The number of methoxy groups -OCH3 is 1. The number of fused-ring (bicyclic) bond motifs is 1. The predicted molar refractivity (Wildman–Crippen MR) is 74.3 cm³/mol. The van der Waals surface area contributed by atoms with Crippen LogP contribution in [0.25, 0.3) is 10.9 Å². The number of aromatic nitrogens is 1. The number of ether oxygens (including phenoxy) is 1. The maximum Gasteiger partial charge on any atom is 0.0753 e. The molecule has 0 spiro atoms. The van der Waals surface area contributed by atoms with Gasteiger partial charge in [0.25, 0.3) is 0 Å². The van der Waals surface area contributed by atoms with Crippen LogP contribution in [0.15, 0.2) is 24.3 Å². The Bertz CT molecular complexity index is 578. The average molecular weight is 262 g/mol. The van der Waals surface area contributed by atoms with Gasteiger partial charge in [0.1, 0.15) is 0 Å². The largest absolute Gasteiger partial charge is 0.384 e. The molecule has 0 saturated heterocycles. The molecule has 1 saturated carbocycles. The first-order valence-corrected chi connectivity index (χ1v) is 6.74. The van der Waals surface area contributed by atoms with Crippen LogP contribution in [0.3, 0.4) is 0 Å². The molecule has 3 heteroatoms. The molecule has 1 aliphatic rings. The molecule has 0 aliphatic heterocycles. The van der Waals surface area contributed by atoms with E-state index < -0.39 is 0 Å². The van der Waals surface area contributed by atoms with Gasteiger partial charge in [-0.25, -0.2) is 0 Å². The summed E-state index contributed by atoms with van der Waals surface area (Å²) in [7, 11) is 1.72. The first kappa shape index (κ1) is 11.9. The molecule has 0 bridgehead atoms. The SMILES string of the molecule is COCCc1cccc2c(Cl)cc(C3CC3)nc12. The van der Waals surface area contributed by atoms with E-state index in [0.717, 1.165) is 28.0 Å². The lowest BCUT2D eigenvalue weighted by Crippen LogP contribution is -1.98. The van der Waals surface area contributed by atoms with Crippen LogP contribution in [-0.2, 0) is 11.2 Å². The number of benzene rings is 1. The third-order valence-corrected chi connectivity index (χ3v) is 3.78. The van der Waals surface area contributed by atoms with Gasteiger partial charge in [-0.2, -0.15) is 0 Å². The molecule has 0 unspecified atom stereocenters. The van der Waals surface area contributed by atoms with Crippen LogP contribution in [-0.4, -0.2) is 18.7 Å². The fourth-order valence-electron chi connectivity index (χ4n) is 2.29. The van der Waals surface area contributed by atoms with Gasteiger partial charge in [0, 0.05) is 24.1 Å². The monoisotopic (exact) mass is 261 g/mol. The van der Waals surface area contributed by atoms with E-state index in [0.29, 0.717) is 12.5 Å². The number of para-hydroxylation sites is 1. The normalized spacial score (nSPS) is 15.2. The van der Waals surface area contributed by atoms with Crippen LogP contribution >= 0.6 is 11.6 Å². The van der Waals surface area contributed by atoms with Gasteiger partial charge in [-0.1, -0.05) is 29.8 Å². The van der Waals surface area contributed by atoms with E-state index in [1.54, 1.807) is 7.11 Å². The van der Waals surface area contributed by atoms with Gasteiger partial charge in [0.15, 0.2) is 0 Å². The van der Waals surface area contributed by atoms with Crippen LogP contribution in [0.1, 0.15) is 30.0 Å². The minimum absolute atomic E-state index is 0.627. The molecule has 1 aliphatic carbocycles. The second-order valence-electron chi connectivity index (χ2n) is 4.86. The molecule has 1 aromatic heterocycles. The lowest BCUT2D eigenvalue weighted by atomic mass is 10.1. The highest BCUT2D eigenvalue weighted by Crippen LogP contribution is 2.41. The summed E-state index contributed by atoms with van der Waals surface area (Å²) in [5.41, 5.74) is 3.42. The highest BCUT2D eigenvalue weighted by Gasteiger charge is 2.26. The molecule has 2 nitrogen and oxygen atoms in total. The van der Waals surface area contributed by atoms with Gasteiger partial charge in [-0.15, -0.1) is 0 Å². The Balaban J connectivity index is 2.11. The molecule has 94 valence electrons.